The highest BCUT2D eigenvalue weighted by molar-refractivity contribution is 5.94. The molecule has 146 valence electrons. The van der Waals surface area contributed by atoms with Crippen molar-refractivity contribution in [1.29, 1.82) is 0 Å². The van der Waals surface area contributed by atoms with Gasteiger partial charge >= 0.3 is 12.2 Å². The predicted molar refractivity (Wildman–Crippen MR) is 98.0 cm³/mol. The van der Waals surface area contributed by atoms with Crippen LogP contribution >= 0.6 is 0 Å². The van der Waals surface area contributed by atoms with Crippen LogP contribution in [0.3, 0.4) is 0 Å². The molecule has 0 unspecified atom stereocenters. The highest BCUT2D eigenvalue weighted by Gasteiger charge is 2.35. The Morgan fingerprint density at radius 3 is 2.57 bits per heavy atom. The third-order valence-corrected chi connectivity index (χ3v) is 3.76. The van der Waals surface area contributed by atoms with Gasteiger partial charge in [0.1, 0.15) is 5.75 Å². The first-order chi connectivity index (χ1) is 13.3. The van der Waals surface area contributed by atoms with Crippen molar-refractivity contribution in [1.82, 2.24) is 15.4 Å². The van der Waals surface area contributed by atoms with Gasteiger partial charge in [0.25, 0.3) is 0 Å². The number of aryl methyl sites for hydroxylation is 1. The van der Waals surface area contributed by atoms with E-state index >= 15 is 0 Å². The van der Waals surface area contributed by atoms with Crippen molar-refractivity contribution < 1.29 is 22.7 Å². The lowest BCUT2D eigenvalue weighted by atomic mass is 10.2. The zero-order chi connectivity index (χ0) is 20.3. The summed E-state index contributed by atoms with van der Waals surface area (Å²) in [6, 6.07) is 10.6. The molecule has 0 radical (unpaired) electrons. The van der Waals surface area contributed by atoms with E-state index < -0.39 is 18.0 Å². The fourth-order valence-electron chi connectivity index (χ4n) is 2.47. The molecule has 0 spiro atoms. The summed E-state index contributed by atoms with van der Waals surface area (Å²) in [6.07, 6.45) is -4.72. The number of ether oxygens (including phenoxy) is 1. The maximum Gasteiger partial charge on any atom is 0.451 e. The molecule has 0 fully saturated rings. The highest BCUT2D eigenvalue weighted by atomic mass is 19.4. The second-order valence-corrected chi connectivity index (χ2v) is 5.82. The van der Waals surface area contributed by atoms with Crippen LogP contribution in [-0.4, -0.2) is 23.1 Å². The largest absolute Gasteiger partial charge is 0.495 e. The molecule has 0 aliphatic carbocycles. The van der Waals surface area contributed by atoms with Crippen molar-refractivity contribution in [2.45, 2.75) is 13.1 Å². The number of anilines is 2. The minimum atomic E-state index is -4.72. The van der Waals surface area contributed by atoms with Gasteiger partial charge in [-0.15, -0.1) is 0 Å². The summed E-state index contributed by atoms with van der Waals surface area (Å²) in [5.41, 5.74) is 6.12. The van der Waals surface area contributed by atoms with Crippen molar-refractivity contribution in [3.63, 3.8) is 0 Å². The Kier molecular flexibility index (Phi) is 5.21. The quantitative estimate of drug-likeness (QED) is 0.583. The van der Waals surface area contributed by atoms with E-state index in [1.54, 1.807) is 36.4 Å². The monoisotopic (exact) mass is 391 g/mol. The number of hydrogen-bond donors (Lipinski definition) is 3. The Balaban J connectivity index is 1.80. The average Bonchev–Trinajstić information content (AvgIpc) is 2.66. The number of hydrazine groups is 1. The summed E-state index contributed by atoms with van der Waals surface area (Å²) in [5, 5.41) is 2.87. The molecule has 3 aromatic rings. The Morgan fingerprint density at radius 2 is 1.86 bits per heavy atom. The Bertz CT molecular complexity index is 1020. The number of carbonyl (C=O) groups is 1. The van der Waals surface area contributed by atoms with Crippen LogP contribution in [0.15, 0.2) is 42.5 Å². The number of carbonyl (C=O) groups excluding carboxylic acids is 1. The predicted octanol–water partition coefficient (Wildman–Crippen LogP) is 4.11. The number of methoxy groups -OCH3 is 1. The molecule has 10 heteroatoms. The molecule has 28 heavy (non-hydrogen) atoms. The number of alkyl halides is 3. The summed E-state index contributed by atoms with van der Waals surface area (Å²) in [5.74, 6) is -1.04. The Hall–Kier alpha value is -3.56. The number of urea groups is 1. The van der Waals surface area contributed by atoms with Crippen LogP contribution in [0.4, 0.5) is 29.5 Å². The summed E-state index contributed by atoms with van der Waals surface area (Å²) in [4.78, 5) is 19.1. The van der Waals surface area contributed by atoms with Gasteiger partial charge in [-0.3, -0.25) is 10.9 Å². The first-order valence-electron chi connectivity index (χ1n) is 8.09. The molecule has 3 N–H and O–H groups in total. The first-order valence-corrected chi connectivity index (χ1v) is 8.09. The fraction of sp³-hybridized carbons (Fsp3) is 0.167. The van der Waals surface area contributed by atoms with Gasteiger partial charge in [0.2, 0.25) is 5.82 Å². The summed E-state index contributed by atoms with van der Waals surface area (Å²) < 4.78 is 44.3. The van der Waals surface area contributed by atoms with Gasteiger partial charge in [-0.05, 0) is 36.8 Å². The zero-order valence-corrected chi connectivity index (χ0v) is 14.9. The van der Waals surface area contributed by atoms with Gasteiger partial charge in [-0.25, -0.2) is 14.8 Å². The van der Waals surface area contributed by atoms with E-state index in [-0.39, 0.29) is 11.3 Å². The molecule has 3 rings (SSSR count). The van der Waals surface area contributed by atoms with Crippen LogP contribution in [0.1, 0.15) is 11.4 Å². The molecular formula is C18H16F3N5O2. The van der Waals surface area contributed by atoms with Crippen molar-refractivity contribution in [2.75, 3.05) is 17.9 Å². The lowest BCUT2D eigenvalue weighted by molar-refractivity contribution is -0.144. The van der Waals surface area contributed by atoms with Crippen LogP contribution in [0, 0.1) is 6.92 Å². The number of benzene rings is 2. The van der Waals surface area contributed by atoms with E-state index in [1.807, 2.05) is 6.92 Å². The third-order valence-electron chi connectivity index (χ3n) is 3.76. The van der Waals surface area contributed by atoms with Crippen LogP contribution in [0.2, 0.25) is 0 Å². The van der Waals surface area contributed by atoms with E-state index in [9.17, 15) is 18.0 Å². The first kappa shape index (κ1) is 19.2. The smallest absolute Gasteiger partial charge is 0.451 e. The normalized spacial score (nSPS) is 11.2. The van der Waals surface area contributed by atoms with E-state index in [4.69, 9.17) is 4.74 Å². The van der Waals surface area contributed by atoms with Gasteiger partial charge in [-0.1, -0.05) is 18.2 Å². The van der Waals surface area contributed by atoms with Gasteiger partial charge in [-0.2, -0.15) is 13.2 Å². The maximum absolute atomic E-state index is 13.0. The minimum absolute atomic E-state index is 0.0923. The lowest BCUT2D eigenvalue weighted by Crippen LogP contribution is -2.34. The number of amides is 2. The zero-order valence-electron chi connectivity index (χ0n) is 14.9. The highest BCUT2D eigenvalue weighted by Crippen LogP contribution is 2.30. The summed E-state index contributed by atoms with van der Waals surface area (Å²) >= 11 is 0. The Morgan fingerprint density at radius 1 is 1.11 bits per heavy atom. The van der Waals surface area contributed by atoms with E-state index in [0.29, 0.717) is 16.8 Å². The molecule has 0 saturated carbocycles. The SMILES string of the molecule is COc1cc(C)ccc1NC(=O)NNc1nc(C(F)(F)F)nc2ccccc12. The lowest BCUT2D eigenvalue weighted by Gasteiger charge is -2.14. The molecule has 1 aromatic heterocycles. The van der Waals surface area contributed by atoms with Crippen LogP contribution in [0.25, 0.3) is 10.9 Å². The van der Waals surface area contributed by atoms with Crippen molar-refractivity contribution in [3.8, 4) is 5.75 Å². The van der Waals surface area contributed by atoms with E-state index in [1.165, 1.54) is 13.2 Å². The van der Waals surface area contributed by atoms with E-state index in [0.717, 1.165) is 5.56 Å². The van der Waals surface area contributed by atoms with Crippen LogP contribution in [0.5, 0.6) is 5.75 Å². The number of nitrogens with one attached hydrogen (secondary N) is 3. The van der Waals surface area contributed by atoms with Crippen molar-refractivity contribution in [3.05, 3.63) is 53.9 Å². The maximum atomic E-state index is 13.0. The van der Waals surface area contributed by atoms with Crippen LogP contribution < -0.4 is 20.9 Å². The summed E-state index contributed by atoms with van der Waals surface area (Å²) in [6.45, 7) is 1.87. The molecule has 0 saturated heterocycles. The second kappa shape index (κ2) is 7.59. The van der Waals surface area contributed by atoms with Gasteiger partial charge in [0.05, 0.1) is 18.3 Å². The molecular weight excluding hydrogens is 375 g/mol. The number of nitrogens with zero attached hydrogens (tertiary/aromatic N) is 2. The molecule has 7 nitrogen and oxygen atoms in total. The second-order valence-electron chi connectivity index (χ2n) is 5.82. The number of halogens is 3. The number of fused-ring (bicyclic) bond motifs is 1. The molecule has 2 amide bonds. The van der Waals surface area contributed by atoms with Crippen LogP contribution in [-0.2, 0) is 6.18 Å². The number of hydrogen-bond acceptors (Lipinski definition) is 5. The molecule has 0 aliphatic rings. The minimum Gasteiger partial charge on any atom is -0.495 e. The number of aromatic nitrogens is 2. The van der Waals surface area contributed by atoms with Gasteiger partial charge < -0.3 is 10.1 Å². The fourth-order valence-corrected chi connectivity index (χ4v) is 2.47. The molecule has 0 bridgehead atoms. The third kappa shape index (κ3) is 4.22. The van der Waals surface area contributed by atoms with Crippen molar-refractivity contribution in [2.24, 2.45) is 0 Å². The van der Waals surface area contributed by atoms with Gasteiger partial charge in [0.15, 0.2) is 5.82 Å². The number of para-hydroxylation sites is 1. The number of rotatable bonds is 4. The summed E-state index contributed by atoms with van der Waals surface area (Å²) in [7, 11) is 1.46. The van der Waals surface area contributed by atoms with Gasteiger partial charge in [0, 0.05) is 5.39 Å². The van der Waals surface area contributed by atoms with Crippen molar-refractivity contribution >= 4 is 28.4 Å². The molecule has 0 aliphatic heterocycles. The Labute approximate surface area is 157 Å². The molecule has 2 aromatic carbocycles. The molecule has 0 atom stereocenters. The van der Waals surface area contributed by atoms with E-state index in [2.05, 4.69) is 26.1 Å². The average molecular weight is 391 g/mol. The topological polar surface area (TPSA) is 88.2 Å². The molecule has 1 heterocycles. The standard InChI is InChI=1S/C18H16F3N5O2/c1-10-7-8-13(14(9-10)28-2)23-17(27)26-25-15-11-5-3-4-6-12(11)22-16(24-15)18(19,20)21/h3-9H,1-2H3,(H,22,24,25)(H2,23,26,27).